The number of nitrogens with one attached hydrogen (secondary N) is 1. The van der Waals surface area contributed by atoms with E-state index in [1.165, 1.54) is 10.5 Å². The quantitative estimate of drug-likeness (QED) is 0.602. The normalized spacial score (nSPS) is 12.5. The number of likely N-dealkylation sites (N-methyl/N-ethyl adjacent to an activating group) is 1. The molecular formula is C13H19NS. The Morgan fingerprint density at radius 2 is 2.00 bits per heavy atom. The predicted molar refractivity (Wildman–Crippen MR) is 69.5 cm³/mol. The lowest BCUT2D eigenvalue weighted by Crippen LogP contribution is -2.16. The largest absolute Gasteiger partial charge is 0.310 e. The smallest absolute Gasteiger partial charge is 0.0528 e. The fourth-order valence-electron chi connectivity index (χ4n) is 1.62. The van der Waals surface area contributed by atoms with Crippen molar-refractivity contribution in [3.63, 3.8) is 0 Å². The van der Waals surface area contributed by atoms with Crippen LogP contribution in [-0.4, -0.2) is 12.8 Å². The third-order valence-electron chi connectivity index (χ3n) is 2.31. The molecule has 1 N–H and O–H groups in total. The zero-order valence-corrected chi connectivity index (χ0v) is 10.5. The molecule has 0 saturated carbocycles. The van der Waals surface area contributed by atoms with E-state index in [1.54, 1.807) is 0 Å². The zero-order chi connectivity index (χ0) is 11.3. The lowest BCUT2D eigenvalue weighted by Gasteiger charge is -2.16. The molecule has 0 spiro atoms. The average molecular weight is 221 g/mol. The Kier molecular flexibility index (Phi) is 4.92. The van der Waals surface area contributed by atoms with E-state index >= 15 is 0 Å². The molecule has 1 unspecified atom stereocenters. The van der Waals surface area contributed by atoms with Crippen molar-refractivity contribution in [2.45, 2.75) is 24.8 Å². The van der Waals surface area contributed by atoms with Crippen LogP contribution in [0.15, 0.2) is 41.3 Å². The Bertz CT molecular complexity index is 316. The van der Waals surface area contributed by atoms with Gasteiger partial charge in [-0.05, 0) is 37.4 Å². The second kappa shape index (κ2) is 5.99. The van der Waals surface area contributed by atoms with Gasteiger partial charge in [-0.15, -0.1) is 11.8 Å². The second-order valence-corrected chi connectivity index (χ2v) is 4.91. The Balaban J connectivity index is 2.82. The van der Waals surface area contributed by atoms with E-state index in [0.717, 1.165) is 11.3 Å². The standard InChI is InChI=1S/C13H19NS/c1-5-15-12-8-6-11(7-9-12)13(14-4)10(2)3/h6-9,13-14H,2,5H2,1,3-4H3. The molecule has 1 aromatic carbocycles. The van der Waals surface area contributed by atoms with Crippen LogP contribution in [0, 0.1) is 0 Å². The van der Waals surface area contributed by atoms with E-state index in [0.29, 0.717) is 0 Å². The summed E-state index contributed by atoms with van der Waals surface area (Å²) in [6, 6.07) is 8.97. The number of rotatable bonds is 5. The number of benzene rings is 1. The summed E-state index contributed by atoms with van der Waals surface area (Å²) < 4.78 is 0. The predicted octanol–water partition coefficient (Wildman–Crippen LogP) is 3.64. The molecule has 0 heterocycles. The number of thioether (sulfide) groups is 1. The summed E-state index contributed by atoms with van der Waals surface area (Å²) in [5.74, 6) is 1.12. The first kappa shape index (κ1) is 12.3. The summed E-state index contributed by atoms with van der Waals surface area (Å²) in [6.45, 7) is 8.21. The van der Waals surface area contributed by atoms with Gasteiger partial charge in [0.25, 0.3) is 0 Å². The molecule has 0 bridgehead atoms. The van der Waals surface area contributed by atoms with Gasteiger partial charge in [0.2, 0.25) is 0 Å². The van der Waals surface area contributed by atoms with Gasteiger partial charge in [-0.2, -0.15) is 0 Å². The van der Waals surface area contributed by atoms with Crippen molar-refractivity contribution in [2.24, 2.45) is 0 Å². The van der Waals surface area contributed by atoms with Gasteiger partial charge < -0.3 is 5.32 Å². The Morgan fingerprint density at radius 3 is 2.40 bits per heavy atom. The molecule has 0 aliphatic heterocycles. The van der Waals surface area contributed by atoms with Crippen LogP contribution in [0.1, 0.15) is 25.5 Å². The van der Waals surface area contributed by atoms with Crippen LogP contribution < -0.4 is 5.32 Å². The van der Waals surface area contributed by atoms with Crippen LogP contribution in [0.25, 0.3) is 0 Å². The highest BCUT2D eigenvalue weighted by Crippen LogP contribution is 2.23. The minimum atomic E-state index is 0.269. The first-order valence-corrected chi connectivity index (χ1v) is 6.23. The molecule has 0 aliphatic carbocycles. The van der Waals surface area contributed by atoms with Gasteiger partial charge >= 0.3 is 0 Å². The van der Waals surface area contributed by atoms with Gasteiger partial charge in [-0.1, -0.05) is 31.2 Å². The first-order chi connectivity index (χ1) is 7.19. The maximum atomic E-state index is 3.99. The molecule has 0 amide bonds. The highest BCUT2D eigenvalue weighted by molar-refractivity contribution is 7.99. The third kappa shape index (κ3) is 3.40. The van der Waals surface area contributed by atoms with Crippen LogP contribution in [-0.2, 0) is 0 Å². The van der Waals surface area contributed by atoms with Gasteiger partial charge in [0, 0.05) is 4.90 Å². The topological polar surface area (TPSA) is 12.0 Å². The molecule has 15 heavy (non-hydrogen) atoms. The summed E-state index contributed by atoms with van der Waals surface area (Å²) in [7, 11) is 1.97. The SMILES string of the molecule is C=C(C)C(NC)c1ccc(SCC)cc1. The van der Waals surface area contributed by atoms with Gasteiger partial charge in [0.05, 0.1) is 6.04 Å². The molecule has 1 rings (SSSR count). The monoisotopic (exact) mass is 221 g/mol. The molecular weight excluding hydrogens is 202 g/mol. The fourth-order valence-corrected chi connectivity index (χ4v) is 2.28. The van der Waals surface area contributed by atoms with Crippen molar-refractivity contribution in [3.8, 4) is 0 Å². The van der Waals surface area contributed by atoms with Crippen LogP contribution in [0.4, 0.5) is 0 Å². The maximum Gasteiger partial charge on any atom is 0.0528 e. The average Bonchev–Trinajstić information content (AvgIpc) is 2.21. The highest BCUT2D eigenvalue weighted by Gasteiger charge is 2.08. The van der Waals surface area contributed by atoms with Crippen molar-refractivity contribution < 1.29 is 0 Å². The molecule has 2 heteroatoms. The van der Waals surface area contributed by atoms with Crippen molar-refractivity contribution in [2.75, 3.05) is 12.8 Å². The van der Waals surface area contributed by atoms with Crippen LogP contribution in [0.2, 0.25) is 0 Å². The molecule has 1 aromatic rings. The van der Waals surface area contributed by atoms with Gasteiger partial charge in [-0.25, -0.2) is 0 Å². The summed E-state index contributed by atoms with van der Waals surface area (Å²) in [5, 5.41) is 3.26. The minimum Gasteiger partial charge on any atom is -0.310 e. The summed E-state index contributed by atoms with van der Waals surface area (Å²) in [6.07, 6.45) is 0. The Morgan fingerprint density at radius 1 is 1.40 bits per heavy atom. The van der Waals surface area contributed by atoms with Crippen molar-refractivity contribution >= 4 is 11.8 Å². The van der Waals surface area contributed by atoms with E-state index in [-0.39, 0.29) is 6.04 Å². The molecule has 0 fully saturated rings. The van der Waals surface area contributed by atoms with Crippen molar-refractivity contribution in [1.82, 2.24) is 5.32 Å². The number of hydrogen-bond acceptors (Lipinski definition) is 2. The molecule has 0 aliphatic rings. The van der Waals surface area contributed by atoms with E-state index in [2.05, 4.69) is 50.0 Å². The lowest BCUT2D eigenvalue weighted by atomic mass is 10.0. The van der Waals surface area contributed by atoms with Gasteiger partial charge in [0.15, 0.2) is 0 Å². The molecule has 0 aromatic heterocycles. The second-order valence-electron chi connectivity index (χ2n) is 3.57. The van der Waals surface area contributed by atoms with E-state index in [1.807, 2.05) is 18.8 Å². The van der Waals surface area contributed by atoms with E-state index < -0.39 is 0 Å². The Hall–Kier alpha value is -0.730. The van der Waals surface area contributed by atoms with E-state index in [9.17, 15) is 0 Å². The lowest BCUT2D eigenvalue weighted by molar-refractivity contribution is 0.679. The Labute approximate surface area is 97.0 Å². The maximum absolute atomic E-state index is 3.99. The molecule has 0 radical (unpaired) electrons. The summed E-state index contributed by atoms with van der Waals surface area (Å²) in [5.41, 5.74) is 2.43. The minimum absolute atomic E-state index is 0.269. The third-order valence-corrected chi connectivity index (χ3v) is 3.20. The van der Waals surface area contributed by atoms with Crippen LogP contribution in [0.5, 0.6) is 0 Å². The van der Waals surface area contributed by atoms with Gasteiger partial charge in [0.1, 0.15) is 0 Å². The molecule has 1 atom stereocenters. The highest BCUT2D eigenvalue weighted by atomic mass is 32.2. The van der Waals surface area contributed by atoms with E-state index in [4.69, 9.17) is 0 Å². The fraction of sp³-hybridized carbons (Fsp3) is 0.385. The van der Waals surface area contributed by atoms with Gasteiger partial charge in [-0.3, -0.25) is 0 Å². The van der Waals surface area contributed by atoms with Crippen LogP contribution >= 0.6 is 11.8 Å². The van der Waals surface area contributed by atoms with Crippen molar-refractivity contribution in [1.29, 1.82) is 0 Å². The molecule has 0 saturated heterocycles. The summed E-state index contributed by atoms with van der Waals surface area (Å²) >= 11 is 1.87. The number of hydrogen-bond donors (Lipinski definition) is 1. The van der Waals surface area contributed by atoms with Crippen molar-refractivity contribution in [3.05, 3.63) is 42.0 Å². The zero-order valence-electron chi connectivity index (χ0n) is 9.71. The molecule has 82 valence electrons. The summed E-state index contributed by atoms with van der Waals surface area (Å²) in [4.78, 5) is 1.33. The van der Waals surface area contributed by atoms with Crippen LogP contribution in [0.3, 0.4) is 0 Å². The molecule has 1 nitrogen and oxygen atoms in total. The first-order valence-electron chi connectivity index (χ1n) is 5.24.